The number of hydrogen-bond donors (Lipinski definition) is 4. The number of fused-ring (bicyclic) bond motifs is 2. The van der Waals surface area contributed by atoms with Crippen molar-refractivity contribution in [1.29, 1.82) is 0 Å². The third-order valence-corrected chi connectivity index (χ3v) is 11.7. The summed E-state index contributed by atoms with van der Waals surface area (Å²) in [6.45, 7) is -0.0359. The number of piperidine rings is 1. The highest BCUT2D eigenvalue weighted by atomic mass is 32.2. The highest BCUT2D eigenvalue weighted by molar-refractivity contribution is 7.93. The van der Waals surface area contributed by atoms with Crippen molar-refractivity contribution in [3.8, 4) is 34.6 Å². The van der Waals surface area contributed by atoms with E-state index in [0.29, 0.717) is 53.5 Å². The third-order valence-electron chi connectivity index (χ3n) is 10.8. The second-order valence-corrected chi connectivity index (χ2v) is 17.0. The van der Waals surface area contributed by atoms with E-state index in [-0.39, 0.29) is 53.6 Å². The van der Waals surface area contributed by atoms with Gasteiger partial charge in [-0.2, -0.15) is 13.9 Å². The summed E-state index contributed by atoms with van der Waals surface area (Å²) >= 11 is 0. The van der Waals surface area contributed by atoms with Crippen molar-refractivity contribution in [3.05, 3.63) is 94.9 Å². The number of carbonyl (C=O) groups excluding carboxylic acids is 5. The molecular weight excluding hydrogens is 886 g/mol. The van der Waals surface area contributed by atoms with Gasteiger partial charge in [-0.15, -0.1) is 0 Å². The molecule has 7 rings (SSSR count). The van der Waals surface area contributed by atoms with Crippen LogP contribution in [-0.2, 0) is 37.9 Å². The molecule has 0 spiro atoms. The lowest BCUT2D eigenvalue weighted by molar-refractivity contribution is -0.136. The molecule has 2 aliphatic rings. The largest absolute Gasteiger partial charge is 0.491 e. The van der Waals surface area contributed by atoms with Crippen LogP contribution in [-0.4, -0.2) is 89.2 Å². The molecule has 0 saturated carbocycles. The zero-order valence-corrected chi connectivity index (χ0v) is 36.2. The number of pyridine rings is 1. The Morgan fingerprint density at radius 2 is 1.77 bits per heavy atom. The molecule has 344 valence electrons. The number of aromatic nitrogens is 3. The molecule has 21 heteroatoms. The maximum atomic E-state index is 13.4. The first-order valence-electron chi connectivity index (χ1n) is 20.8. The number of imide groups is 2. The van der Waals surface area contributed by atoms with Crippen molar-refractivity contribution in [1.82, 2.24) is 30.3 Å². The van der Waals surface area contributed by atoms with E-state index in [1.807, 2.05) is 4.72 Å². The minimum Gasteiger partial charge on any atom is -0.491 e. The average Bonchev–Trinajstić information content (AvgIpc) is 3.77. The summed E-state index contributed by atoms with van der Waals surface area (Å²) < 4.78 is 79.2. The summed E-state index contributed by atoms with van der Waals surface area (Å²) in [6.07, 6.45) is 5.44. The smallest absolute Gasteiger partial charge is 0.355 e. The number of halogens is 3. The van der Waals surface area contributed by atoms with Crippen molar-refractivity contribution >= 4 is 62.0 Å². The Hall–Kier alpha value is -7.47. The lowest BCUT2D eigenvalue weighted by Crippen LogP contribution is -2.54. The van der Waals surface area contributed by atoms with Crippen molar-refractivity contribution in [2.45, 2.75) is 63.2 Å². The molecule has 1 fully saturated rings. The number of carbonyl (C=O) groups is 5. The van der Waals surface area contributed by atoms with Crippen LogP contribution in [0, 0.1) is 17.7 Å². The highest BCUT2D eigenvalue weighted by Crippen LogP contribution is 2.38. The summed E-state index contributed by atoms with van der Waals surface area (Å²) in [6, 6.07) is 13.2. The number of benzene rings is 3. The molecule has 17 nitrogen and oxygen atoms in total. The van der Waals surface area contributed by atoms with Gasteiger partial charge >= 0.3 is 5.76 Å². The van der Waals surface area contributed by atoms with Gasteiger partial charge in [0.15, 0.2) is 6.61 Å². The number of sulfonamides is 1. The Morgan fingerprint density at radius 1 is 1.00 bits per heavy atom. The molecule has 0 bridgehead atoms. The van der Waals surface area contributed by atoms with Gasteiger partial charge in [-0.3, -0.25) is 43.6 Å². The van der Waals surface area contributed by atoms with Crippen molar-refractivity contribution in [2.24, 2.45) is 7.05 Å². The van der Waals surface area contributed by atoms with Crippen LogP contribution in [0.15, 0.2) is 66.9 Å². The number of unbranched alkanes of at least 4 members (excludes halogenated alkanes) is 4. The molecule has 2 aliphatic heterocycles. The van der Waals surface area contributed by atoms with E-state index in [0.717, 1.165) is 29.7 Å². The lowest BCUT2D eigenvalue weighted by atomic mass is 10.0. The molecule has 5 aromatic rings. The highest BCUT2D eigenvalue weighted by Gasteiger charge is 2.46. The van der Waals surface area contributed by atoms with Crippen LogP contribution in [0.5, 0.6) is 11.5 Å². The maximum absolute atomic E-state index is 13.4. The first-order valence-corrected chi connectivity index (χ1v) is 22.3. The van der Waals surface area contributed by atoms with E-state index in [1.165, 1.54) is 54.7 Å². The maximum Gasteiger partial charge on any atom is 0.355 e. The van der Waals surface area contributed by atoms with Crippen LogP contribution in [0.1, 0.15) is 76.8 Å². The summed E-state index contributed by atoms with van der Waals surface area (Å²) in [4.78, 5) is 68.0. The molecule has 5 N–H and O–H groups in total. The summed E-state index contributed by atoms with van der Waals surface area (Å²) in [5.74, 6) is -0.731. The number of nitrogen functional groups attached to an aromatic ring is 1. The van der Waals surface area contributed by atoms with E-state index in [1.54, 1.807) is 23.9 Å². The summed E-state index contributed by atoms with van der Waals surface area (Å²) in [5.41, 5.74) is 8.78. The summed E-state index contributed by atoms with van der Waals surface area (Å²) in [5, 5.41) is 10.0. The Kier molecular flexibility index (Phi) is 14.2. The van der Waals surface area contributed by atoms with E-state index >= 15 is 0 Å². The Bertz CT molecular complexity index is 2900. The predicted molar refractivity (Wildman–Crippen MR) is 234 cm³/mol. The summed E-state index contributed by atoms with van der Waals surface area (Å²) in [7, 11) is -3.34. The monoisotopic (exact) mass is 928 g/mol. The molecule has 1 atom stereocenters. The zero-order chi connectivity index (χ0) is 47.1. The first-order chi connectivity index (χ1) is 31.6. The molecular formula is C45H43F3N8O9S. The third kappa shape index (κ3) is 10.4. The minimum atomic E-state index is -5.04. The van der Waals surface area contributed by atoms with Gasteiger partial charge < -0.3 is 20.5 Å². The fraction of sp³-hybridized carbons (Fsp3) is 0.311. The predicted octanol–water partition coefficient (Wildman–Crippen LogP) is 4.84. The van der Waals surface area contributed by atoms with Gasteiger partial charge in [0.05, 0.1) is 39.9 Å². The van der Waals surface area contributed by atoms with E-state index in [2.05, 4.69) is 32.6 Å². The normalized spacial score (nSPS) is 14.8. The number of nitrogens with zero attached hydrogens (tertiary/aromatic N) is 4. The van der Waals surface area contributed by atoms with Gasteiger partial charge in [0.2, 0.25) is 11.8 Å². The van der Waals surface area contributed by atoms with E-state index in [4.69, 9.17) is 15.2 Å². The molecule has 1 unspecified atom stereocenters. The Morgan fingerprint density at radius 3 is 2.53 bits per heavy atom. The van der Waals surface area contributed by atoms with Gasteiger partial charge in [0.1, 0.15) is 34.9 Å². The number of ether oxygens (including phenoxy) is 2. The quantitative estimate of drug-likeness (QED) is 0.0525. The van der Waals surface area contributed by atoms with Crippen molar-refractivity contribution in [2.75, 3.05) is 30.2 Å². The molecule has 2 aromatic heterocycles. The lowest BCUT2D eigenvalue weighted by Gasteiger charge is -2.27. The van der Waals surface area contributed by atoms with Gasteiger partial charge in [-0.25, -0.2) is 17.8 Å². The molecule has 1 saturated heterocycles. The first kappa shape index (κ1) is 46.5. The SMILES string of the molecule is Cn1nc(-c2ccc(NS(=O)(=O)C(F)F)c(OCCc3ccc(F)cc3)c2)c2c(N)ncc(C#CCCCCCCNC(=O)COc3cccc4c3C(=O)N(C3CCC(=O)NC3=O)C4=O)c21. The Labute approximate surface area is 376 Å². The number of nitrogens with one attached hydrogen (secondary N) is 3. The van der Waals surface area contributed by atoms with Crippen molar-refractivity contribution < 1.29 is 55.0 Å². The minimum absolute atomic E-state index is 0.00214. The van der Waals surface area contributed by atoms with Gasteiger partial charge in [0.25, 0.3) is 27.7 Å². The molecule has 5 amide bonds. The van der Waals surface area contributed by atoms with Gasteiger partial charge in [-0.05, 0) is 61.2 Å². The van der Waals surface area contributed by atoms with E-state index in [9.17, 15) is 45.6 Å². The van der Waals surface area contributed by atoms with Crippen LogP contribution >= 0.6 is 0 Å². The number of amides is 5. The van der Waals surface area contributed by atoms with E-state index < -0.39 is 63.8 Å². The van der Waals surface area contributed by atoms with Crippen LogP contribution in [0.3, 0.4) is 0 Å². The standard InChI is InChI=1S/C45H43F3N8O9S/c1-55-40-28(24-51-41(49)38(40)39(53-55)27-14-17-31(54-66(62,63)45(47)48)34(23-27)64-22-20-26-12-15-29(46)16-13-26)9-6-4-2-3-5-7-21-50-36(58)25-65-33-11-8-10-30-37(33)44(61)56(43(30)60)32-18-19-35(57)52-42(32)59/h8,10-17,23-24,32,45,54H,2-5,7,18-22,25H2,1H3,(H2,49,51)(H,50,58)(H,52,57,59). The number of aryl methyl sites for hydroxylation is 1. The van der Waals surface area contributed by atoms with Crippen LogP contribution in [0.2, 0.25) is 0 Å². The number of anilines is 2. The van der Waals surface area contributed by atoms with Crippen LogP contribution < -0.4 is 30.6 Å². The second kappa shape index (κ2) is 20.1. The van der Waals surface area contributed by atoms with Crippen LogP contribution in [0.4, 0.5) is 24.7 Å². The fourth-order valence-electron chi connectivity index (χ4n) is 7.51. The topological polar surface area (TPSA) is 234 Å². The number of rotatable bonds is 18. The zero-order valence-electron chi connectivity index (χ0n) is 35.4. The molecule has 0 radical (unpaired) electrons. The molecule has 3 aromatic carbocycles. The molecule has 66 heavy (non-hydrogen) atoms. The van der Waals surface area contributed by atoms with Gasteiger partial charge in [-0.1, -0.05) is 48.9 Å². The van der Waals surface area contributed by atoms with Crippen LogP contribution in [0.25, 0.3) is 22.2 Å². The fourth-order valence-corrected chi connectivity index (χ4v) is 8.07. The Balaban J connectivity index is 0.907. The van der Waals surface area contributed by atoms with Gasteiger partial charge in [0, 0.05) is 44.6 Å². The molecule has 4 heterocycles. The second-order valence-electron chi connectivity index (χ2n) is 15.3. The number of alkyl halides is 2. The molecule has 0 aliphatic carbocycles. The number of hydrogen-bond acceptors (Lipinski definition) is 12. The van der Waals surface area contributed by atoms with Crippen molar-refractivity contribution in [3.63, 3.8) is 0 Å². The number of nitrogens with two attached hydrogens (primary N) is 1. The average molecular weight is 929 g/mol.